The number of thioether (sulfide) groups is 1. The molecular weight excluding hydrogens is 288 g/mol. The van der Waals surface area contributed by atoms with Crippen LogP contribution < -0.4 is 5.32 Å². The van der Waals surface area contributed by atoms with Gasteiger partial charge >= 0.3 is 0 Å². The van der Waals surface area contributed by atoms with Crippen LogP contribution in [0.1, 0.15) is 24.7 Å². The maximum Gasteiger partial charge on any atom is 0.292 e. The highest BCUT2D eigenvalue weighted by atomic mass is 32.2. The zero-order valence-electron chi connectivity index (χ0n) is 12.1. The number of anilines is 1. The van der Waals surface area contributed by atoms with E-state index in [1.807, 2.05) is 26.0 Å². The van der Waals surface area contributed by atoms with Crippen LogP contribution in [0, 0.1) is 17.0 Å². The lowest BCUT2D eigenvalue weighted by Gasteiger charge is -2.08. The predicted molar refractivity (Wildman–Crippen MR) is 84.9 cm³/mol. The molecule has 0 radical (unpaired) electrons. The maximum absolute atomic E-state index is 11.0. The molecule has 1 aromatic heterocycles. The van der Waals surface area contributed by atoms with Gasteiger partial charge in [-0.2, -0.15) is 0 Å². The number of hydrogen-bond donors (Lipinski definition) is 1. The second-order valence-corrected chi connectivity index (χ2v) is 5.68. The van der Waals surface area contributed by atoms with Crippen molar-refractivity contribution in [3.63, 3.8) is 0 Å². The van der Waals surface area contributed by atoms with Crippen molar-refractivity contribution < 1.29 is 9.34 Å². The molecule has 21 heavy (non-hydrogen) atoms. The van der Waals surface area contributed by atoms with Crippen LogP contribution >= 0.6 is 11.8 Å². The van der Waals surface area contributed by atoms with Gasteiger partial charge in [-0.15, -0.1) is 11.8 Å². The van der Waals surface area contributed by atoms with Gasteiger partial charge in [-0.1, -0.05) is 13.0 Å². The number of rotatable bonds is 7. The third kappa shape index (κ3) is 4.01. The van der Waals surface area contributed by atoms with Crippen LogP contribution in [0.25, 0.3) is 0 Å². The first-order valence-corrected chi connectivity index (χ1v) is 7.78. The molecule has 0 saturated carbocycles. The van der Waals surface area contributed by atoms with Gasteiger partial charge in [0, 0.05) is 23.3 Å². The fourth-order valence-corrected chi connectivity index (χ4v) is 2.82. The molecule has 0 fully saturated rings. The topological polar surface area (TPSA) is 68.3 Å². The van der Waals surface area contributed by atoms with E-state index < -0.39 is 0 Å². The van der Waals surface area contributed by atoms with E-state index in [-0.39, 0.29) is 10.6 Å². The Kier molecular flexibility index (Phi) is 5.27. The lowest BCUT2D eigenvalue weighted by atomic mass is 10.2. The van der Waals surface area contributed by atoms with Crippen molar-refractivity contribution in [2.45, 2.75) is 30.9 Å². The van der Waals surface area contributed by atoms with Gasteiger partial charge in [0.2, 0.25) is 0 Å². The summed E-state index contributed by atoms with van der Waals surface area (Å²) >= 11 is 1.66. The number of hydrogen-bond acceptors (Lipinski definition) is 5. The van der Waals surface area contributed by atoms with Gasteiger partial charge in [-0.3, -0.25) is 10.1 Å². The molecule has 0 saturated heterocycles. The minimum Gasteiger partial charge on any atom is -0.468 e. The van der Waals surface area contributed by atoms with E-state index in [1.54, 1.807) is 30.2 Å². The number of furan rings is 1. The van der Waals surface area contributed by atoms with Crippen LogP contribution in [0.15, 0.2) is 39.8 Å². The van der Waals surface area contributed by atoms with E-state index in [9.17, 15) is 10.1 Å². The molecule has 1 aromatic carbocycles. The van der Waals surface area contributed by atoms with E-state index in [0.717, 1.165) is 34.9 Å². The Balaban J connectivity index is 2.13. The third-order valence-corrected chi connectivity index (χ3v) is 4.24. The Morgan fingerprint density at radius 3 is 2.81 bits per heavy atom. The number of nitro groups is 1. The molecule has 112 valence electrons. The summed E-state index contributed by atoms with van der Waals surface area (Å²) in [6.45, 7) is 4.67. The molecule has 0 aliphatic heterocycles. The summed E-state index contributed by atoms with van der Waals surface area (Å²) in [5.74, 6) is 1.64. The Labute approximate surface area is 127 Å². The summed E-state index contributed by atoms with van der Waals surface area (Å²) in [4.78, 5) is 11.8. The summed E-state index contributed by atoms with van der Waals surface area (Å²) < 4.78 is 5.26. The van der Waals surface area contributed by atoms with E-state index in [4.69, 9.17) is 4.42 Å². The van der Waals surface area contributed by atoms with Gasteiger partial charge in [0.05, 0.1) is 11.2 Å². The van der Waals surface area contributed by atoms with Crippen LogP contribution in [0.5, 0.6) is 0 Å². The van der Waals surface area contributed by atoms with Crippen LogP contribution in [0.4, 0.5) is 11.4 Å². The number of aryl methyl sites for hydroxylation is 1. The molecule has 2 rings (SSSR count). The van der Waals surface area contributed by atoms with Crippen molar-refractivity contribution in [3.8, 4) is 0 Å². The average molecular weight is 306 g/mol. The molecular formula is C15H18N2O3S. The van der Waals surface area contributed by atoms with Gasteiger partial charge in [0.25, 0.3) is 5.69 Å². The van der Waals surface area contributed by atoms with Crippen molar-refractivity contribution in [3.05, 3.63) is 52.0 Å². The summed E-state index contributed by atoms with van der Waals surface area (Å²) in [6, 6.07) is 7.16. The lowest BCUT2D eigenvalue weighted by molar-refractivity contribution is -0.384. The Bertz CT molecular complexity index is 625. The zero-order valence-corrected chi connectivity index (χ0v) is 12.9. The molecule has 0 spiro atoms. The van der Waals surface area contributed by atoms with Crippen LogP contribution in [-0.2, 0) is 5.75 Å². The number of benzene rings is 1. The normalized spacial score (nSPS) is 10.6. The highest BCUT2D eigenvalue weighted by Crippen LogP contribution is 2.30. The second kappa shape index (κ2) is 7.17. The summed E-state index contributed by atoms with van der Waals surface area (Å²) in [6.07, 6.45) is 2.59. The standard InChI is InChI=1S/C15H18N2O3S/c1-3-7-16-13-9-12(4-5-14(13)17(18)19)10-21-15-6-8-20-11(15)2/h4-6,8-9,16H,3,7,10H2,1-2H3. The zero-order chi connectivity index (χ0) is 15.2. The van der Waals surface area contributed by atoms with Crippen molar-refractivity contribution in [2.24, 2.45) is 0 Å². The Morgan fingerprint density at radius 1 is 1.38 bits per heavy atom. The average Bonchev–Trinajstić information content (AvgIpc) is 2.88. The molecule has 2 aromatic rings. The van der Waals surface area contributed by atoms with Crippen LogP contribution in [-0.4, -0.2) is 11.5 Å². The lowest BCUT2D eigenvalue weighted by Crippen LogP contribution is -2.03. The van der Waals surface area contributed by atoms with E-state index in [2.05, 4.69) is 5.32 Å². The minimum atomic E-state index is -0.352. The largest absolute Gasteiger partial charge is 0.468 e. The first-order chi connectivity index (χ1) is 10.1. The fraction of sp³-hybridized carbons (Fsp3) is 0.333. The van der Waals surface area contributed by atoms with Gasteiger partial charge in [0.15, 0.2) is 0 Å². The molecule has 0 atom stereocenters. The molecule has 0 unspecified atom stereocenters. The van der Waals surface area contributed by atoms with Crippen LogP contribution in [0.2, 0.25) is 0 Å². The molecule has 0 aliphatic rings. The number of nitro benzene ring substituents is 1. The van der Waals surface area contributed by atoms with E-state index >= 15 is 0 Å². The van der Waals surface area contributed by atoms with Crippen molar-refractivity contribution in [1.82, 2.24) is 0 Å². The predicted octanol–water partition coefficient (Wildman–Crippen LogP) is 4.61. The summed E-state index contributed by atoms with van der Waals surface area (Å²) in [5, 5.41) is 14.2. The third-order valence-electron chi connectivity index (χ3n) is 3.03. The first-order valence-electron chi connectivity index (χ1n) is 6.80. The molecule has 1 N–H and O–H groups in total. The highest BCUT2D eigenvalue weighted by Gasteiger charge is 2.14. The molecule has 0 aliphatic carbocycles. The first kappa shape index (κ1) is 15.4. The summed E-state index contributed by atoms with van der Waals surface area (Å²) in [5.41, 5.74) is 1.75. The molecule has 6 heteroatoms. The SMILES string of the molecule is CCCNc1cc(CSc2ccoc2C)ccc1[N+](=O)[O-]. The number of nitrogens with one attached hydrogen (secondary N) is 1. The molecule has 0 bridgehead atoms. The van der Waals surface area contributed by atoms with Crippen molar-refractivity contribution in [2.75, 3.05) is 11.9 Å². The quantitative estimate of drug-likeness (QED) is 0.459. The van der Waals surface area contributed by atoms with Crippen LogP contribution in [0.3, 0.4) is 0 Å². The van der Waals surface area contributed by atoms with E-state index in [0.29, 0.717) is 5.69 Å². The molecule has 1 heterocycles. The van der Waals surface area contributed by atoms with Gasteiger partial charge < -0.3 is 9.73 Å². The van der Waals surface area contributed by atoms with Gasteiger partial charge in [0.1, 0.15) is 11.4 Å². The van der Waals surface area contributed by atoms with Crippen molar-refractivity contribution in [1.29, 1.82) is 0 Å². The highest BCUT2D eigenvalue weighted by molar-refractivity contribution is 7.98. The Hall–Kier alpha value is -1.95. The Morgan fingerprint density at radius 2 is 2.19 bits per heavy atom. The number of nitrogens with zero attached hydrogens (tertiary/aromatic N) is 1. The van der Waals surface area contributed by atoms with Crippen molar-refractivity contribution >= 4 is 23.1 Å². The second-order valence-electron chi connectivity index (χ2n) is 4.67. The fourth-order valence-electron chi connectivity index (χ4n) is 1.92. The molecule has 0 amide bonds. The van der Waals surface area contributed by atoms with Gasteiger partial charge in [-0.25, -0.2) is 0 Å². The monoisotopic (exact) mass is 306 g/mol. The van der Waals surface area contributed by atoms with Gasteiger partial charge in [-0.05, 0) is 31.0 Å². The molecule has 5 nitrogen and oxygen atoms in total. The minimum absolute atomic E-state index is 0.122. The van der Waals surface area contributed by atoms with E-state index in [1.165, 1.54) is 0 Å². The maximum atomic E-state index is 11.0. The smallest absolute Gasteiger partial charge is 0.292 e. The summed E-state index contributed by atoms with van der Waals surface area (Å²) in [7, 11) is 0.